The fraction of sp³-hybridized carbons (Fsp3) is 0.455. The minimum Gasteiger partial charge on any atom is -0.493 e. The normalized spacial score (nSPS) is 23.9. The molecule has 0 aliphatic carbocycles. The van der Waals surface area contributed by atoms with Crippen LogP contribution >= 0.6 is 0 Å². The molecule has 6 heteroatoms. The van der Waals surface area contributed by atoms with E-state index in [9.17, 15) is 12.8 Å². The molecule has 0 fully saturated rings. The van der Waals surface area contributed by atoms with Gasteiger partial charge in [-0.3, -0.25) is 0 Å². The summed E-state index contributed by atoms with van der Waals surface area (Å²) in [6, 6.07) is 4.14. The number of primary sulfonamides is 1. The monoisotopic (exact) mass is 259 g/mol. The van der Waals surface area contributed by atoms with Crippen molar-refractivity contribution in [3.63, 3.8) is 0 Å². The van der Waals surface area contributed by atoms with Crippen molar-refractivity contribution in [2.75, 3.05) is 12.4 Å². The fourth-order valence-electron chi connectivity index (χ4n) is 2.09. The second kappa shape index (κ2) is 4.27. The Labute approximate surface area is 99.6 Å². The summed E-state index contributed by atoms with van der Waals surface area (Å²) in [6.45, 7) is 2.28. The largest absolute Gasteiger partial charge is 0.493 e. The molecule has 17 heavy (non-hydrogen) atoms. The van der Waals surface area contributed by atoms with E-state index in [1.807, 2.05) is 6.92 Å². The van der Waals surface area contributed by atoms with Gasteiger partial charge in [-0.05, 0) is 24.1 Å². The van der Waals surface area contributed by atoms with E-state index < -0.39 is 15.8 Å². The Balaban J connectivity index is 2.42. The van der Waals surface area contributed by atoms with E-state index in [1.54, 1.807) is 0 Å². The lowest BCUT2D eigenvalue weighted by Gasteiger charge is -2.30. The van der Waals surface area contributed by atoms with E-state index in [4.69, 9.17) is 9.88 Å². The molecule has 0 spiro atoms. The summed E-state index contributed by atoms with van der Waals surface area (Å²) in [5, 5.41) is 5.06. The molecule has 94 valence electrons. The number of hydrogen-bond donors (Lipinski definition) is 1. The lowest BCUT2D eigenvalue weighted by atomic mass is 9.87. The Bertz CT molecular complexity index is 530. The summed E-state index contributed by atoms with van der Waals surface area (Å²) in [4.78, 5) is 0. The molecule has 0 saturated heterocycles. The molecule has 0 saturated carbocycles. The average molecular weight is 259 g/mol. The zero-order chi connectivity index (χ0) is 12.6. The molecule has 0 radical (unpaired) electrons. The van der Waals surface area contributed by atoms with Crippen LogP contribution in [0.25, 0.3) is 0 Å². The lowest BCUT2D eigenvalue weighted by molar-refractivity contribution is 0.211. The Kier molecular flexibility index (Phi) is 3.09. The number of ether oxygens (including phenoxy) is 1. The Morgan fingerprint density at radius 3 is 2.88 bits per heavy atom. The highest BCUT2D eigenvalue weighted by molar-refractivity contribution is 7.89. The average Bonchev–Trinajstić information content (AvgIpc) is 2.21. The first-order chi connectivity index (χ1) is 7.87. The van der Waals surface area contributed by atoms with Crippen molar-refractivity contribution in [3.8, 4) is 5.75 Å². The zero-order valence-corrected chi connectivity index (χ0v) is 10.2. The summed E-state index contributed by atoms with van der Waals surface area (Å²) in [6.07, 6.45) is 0. The van der Waals surface area contributed by atoms with Gasteiger partial charge in [-0.1, -0.05) is 6.92 Å². The number of sulfonamides is 1. The van der Waals surface area contributed by atoms with E-state index in [-0.39, 0.29) is 17.6 Å². The van der Waals surface area contributed by atoms with Crippen LogP contribution in [0.1, 0.15) is 18.4 Å². The minimum atomic E-state index is -3.59. The van der Waals surface area contributed by atoms with E-state index in [0.29, 0.717) is 17.9 Å². The van der Waals surface area contributed by atoms with Gasteiger partial charge < -0.3 is 4.74 Å². The van der Waals surface area contributed by atoms with Crippen LogP contribution in [0.5, 0.6) is 5.75 Å². The molecule has 1 heterocycles. The van der Waals surface area contributed by atoms with Crippen LogP contribution < -0.4 is 9.88 Å². The number of rotatable bonds is 2. The van der Waals surface area contributed by atoms with Crippen LogP contribution in [0.15, 0.2) is 18.2 Å². The molecule has 2 rings (SSSR count). The second-order valence-corrected chi connectivity index (χ2v) is 6.07. The maximum atomic E-state index is 13.2. The summed E-state index contributed by atoms with van der Waals surface area (Å²) < 4.78 is 41.0. The molecule has 1 aliphatic heterocycles. The van der Waals surface area contributed by atoms with Gasteiger partial charge in [-0.25, -0.2) is 17.9 Å². The highest BCUT2D eigenvalue weighted by atomic mass is 32.2. The first-order valence-electron chi connectivity index (χ1n) is 5.29. The number of nitrogens with two attached hydrogens (primary N) is 1. The number of hydrogen-bond acceptors (Lipinski definition) is 3. The van der Waals surface area contributed by atoms with Gasteiger partial charge >= 0.3 is 0 Å². The molecule has 1 aliphatic rings. The Morgan fingerprint density at radius 2 is 2.24 bits per heavy atom. The van der Waals surface area contributed by atoms with Crippen molar-refractivity contribution in [1.29, 1.82) is 0 Å². The van der Waals surface area contributed by atoms with Gasteiger partial charge in [0.2, 0.25) is 10.0 Å². The van der Waals surface area contributed by atoms with Gasteiger partial charge in [-0.2, -0.15) is 0 Å². The van der Waals surface area contributed by atoms with Crippen molar-refractivity contribution in [2.45, 2.75) is 12.8 Å². The van der Waals surface area contributed by atoms with Gasteiger partial charge in [0, 0.05) is 11.5 Å². The summed E-state index contributed by atoms with van der Waals surface area (Å²) in [5.41, 5.74) is 0.581. The van der Waals surface area contributed by atoms with Crippen LogP contribution in [-0.4, -0.2) is 20.8 Å². The van der Waals surface area contributed by atoms with Gasteiger partial charge in [0.15, 0.2) is 0 Å². The third kappa shape index (κ3) is 2.76. The van der Waals surface area contributed by atoms with Gasteiger partial charge in [-0.15, -0.1) is 0 Å². The maximum Gasteiger partial charge on any atom is 0.209 e. The standard InChI is InChI=1S/C11H14FNO3S/c1-7-5-16-11-3-2-8(12)4-9(11)10(7)6-17(13,14)15/h2-4,7,10H,5-6H2,1H3,(H2,13,14,15)/t7-,10+/m0/s1. The molecule has 0 bridgehead atoms. The molecular formula is C11H14FNO3S. The van der Waals surface area contributed by atoms with Crippen molar-refractivity contribution >= 4 is 10.0 Å². The predicted octanol–water partition coefficient (Wildman–Crippen LogP) is 1.23. The second-order valence-electron chi connectivity index (χ2n) is 4.41. The van der Waals surface area contributed by atoms with Gasteiger partial charge in [0.05, 0.1) is 12.4 Å². The molecule has 0 amide bonds. The summed E-state index contributed by atoms with van der Waals surface area (Å²) >= 11 is 0. The third-order valence-electron chi connectivity index (χ3n) is 2.97. The van der Waals surface area contributed by atoms with Crippen LogP contribution in [-0.2, 0) is 10.0 Å². The van der Waals surface area contributed by atoms with Crippen molar-refractivity contribution < 1.29 is 17.5 Å². The maximum absolute atomic E-state index is 13.2. The molecule has 1 aromatic carbocycles. The van der Waals surface area contributed by atoms with Crippen LogP contribution in [0.3, 0.4) is 0 Å². The number of fused-ring (bicyclic) bond motifs is 1. The molecule has 0 aromatic heterocycles. The Morgan fingerprint density at radius 1 is 1.53 bits per heavy atom. The van der Waals surface area contributed by atoms with Crippen LogP contribution in [0.4, 0.5) is 4.39 Å². The molecule has 4 nitrogen and oxygen atoms in total. The number of halogens is 1. The third-order valence-corrected chi connectivity index (χ3v) is 3.80. The summed E-state index contributed by atoms with van der Waals surface area (Å²) in [5.74, 6) is -0.375. The lowest BCUT2D eigenvalue weighted by Crippen LogP contribution is -2.31. The fourth-order valence-corrected chi connectivity index (χ4v) is 3.10. The SMILES string of the molecule is C[C@H]1COc2ccc(F)cc2[C@@H]1CS(N)(=O)=O. The molecule has 0 unspecified atom stereocenters. The van der Waals surface area contributed by atoms with E-state index in [2.05, 4.69) is 0 Å². The number of benzene rings is 1. The van der Waals surface area contributed by atoms with Crippen LogP contribution in [0.2, 0.25) is 0 Å². The van der Waals surface area contributed by atoms with E-state index >= 15 is 0 Å². The topological polar surface area (TPSA) is 69.4 Å². The first-order valence-corrected chi connectivity index (χ1v) is 7.01. The summed E-state index contributed by atoms with van der Waals surface area (Å²) in [7, 11) is -3.59. The molecule has 2 N–H and O–H groups in total. The quantitative estimate of drug-likeness (QED) is 0.868. The predicted molar refractivity (Wildman–Crippen MR) is 61.8 cm³/mol. The van der Waals surface area contributed by atoms with Crippen molar-refractivity contribution in [2.24, 2.45) is 11.1 Å². The minimum absolute atomic E-state index is 0.0115. The smallest absolute Gasteiger partial charge is 0.209 e. The first kappa shape index (κ1) is 12.3. The van der Waals surface area contributed by atoms with Gasteiger partial charge in [0.1, 0.15) is 11.6 Å². The van der Waals surface area contributed by atoms with Crippen molar-refractivity contribution in [3.05, 3.63) is 29.6 Å². The van der Waals surface area contributed by atoms with E-state index in [1.165, 1.54) is 18.2 Å². The molecular weight excluding hydrogens is 245 g/mol. The Hall–Kier alpha value is -1.14. The van der Waals surface area contributed by atoms with Crippen LogP contribution in [0, 0.1) is 11.7 Å². The molecule has 2 atom stereocenters. The zero-order valence-electron chi connectivity index (χ0n) is 9.39. The molecule has 1 aromatic rings. The van der Waals surface area contributed by atoms with Crippen molar-refractivity contribution in [1.82, 2.24) is 0 Å². The van der Waals surface area contributed by atoms with Gasteiger partial charge in [0.25, 0.3) is 0 Å². The highest BCUT2D eigenvalue weighted by Crippen LogP contribution is 2.37. The highest BCUT2D eigenvalue weighted by Gasteiger charge is 2.31. The van der Waals surface area contributed by atoms with E-state index in [0.717, 1.165) is 0 Å².